The van der Waals surface area contributed by atoms with Gasteiger partial charge in [-0.3, -0.25) is 14.4 Å². The lowest BCUT2D eigenvalue weighted by Crippen LogP contribution is -2.23. The van der Waals surface area contributed by atoms with Crippen LogP contribution in [0, 0.1) is 0 Å². The van der Waals surface area contributed by atoms with Gasteiger partial charge < -0.3 is 28.4 Å². The number of hydrogen-bond acceptors (Lipinski definition) is 12. The van der Waals surface area contributed by atoms with E-state index in [-0.39, 0.29) is 11.5 Å². The Morgan fingerprint density at radius 1 is 0.600 bits per heavy atom. The summed E-state index contributed by atoms with van der Waals surface area (Å²) < 4.78 is 29.8. The minimum atomic E-state index is -1.05. The Morgan fingerprint density at radius 3 is 1.87 bits per heavy atom. The number of carbonyl (C=O) groups is 6. The predicted molar refractivity (Wildman–Crippen MR) is 158 cm³/mol. The molecule has 0 aromatic heterocycles. The fourth-order valence-electron chi connectivity index (χ4n) is 3.86. The Bertz CT molecular complexity index is 1500. The minimum absolute atomic E-state index is 0.178. The summed E-state index contributed by atoms with van der Waals surface area (Å²) in [5.41, 5.74) is 0.659. The Labute approximate surface area is 259 Å². The van der Waals surface area contributed by atoms with E-state index in [0.29, 0.717) is 17.6 Å². The molecule has 0 aliphatic carbocycles. The summed E-state index contributed by atoms with van der Waals surface area (Å²) in [6.45, 7) is 2.07. The number of carbonyl (C=O) groups excluding carboxylic acids is 6. The first-order chi connectivity index (χ1) is 21.6. The Hall–Kier alpha value is -5.26. The van der Waals surface area contributed by atoms with Crippen molar-refractivity contribution in [3.63, 3.8) is 0 Å². The molecule has 0 heterocycles. The average molecular weight is 623 g/mol. The minimum Gasteiger partial charge on any atom is -0.463 e. The lowest BCUT2D eigenvalue weighted by molar-refractivity contribution is -0.162. The quantitative estimate of drug-likeness (QED) is 0.0738. The van der Waals surface area contributed by atoms with Crippen LogP contribution in [0.15, 0.2) is 66.7 Å². The van der Waals surface area contributed by atoms with Crippen molar-refractivity contribution in [2.45, 2.75) is 45.4 Å². The van der Waals surface area contributed by atoms with Crippen molar-refractivity contribution in [2.24, 2.45) is 0 Å². The summed E-state index contributed by atoms with van der Waals surface area (Å²) >= 11 is 0. The van der Waals surface area contributed by atoms with Crippen LogP contribution in [0.1, 0.15) is 51.0 Å². The highest BCUT2D eigenvalue weighted by atomic mass is 16.6. The molecule has 1 atom stereocenters. The van der Waals surface area contributed by atoms with E-state index in [1.165, 1.54) is 6.07 Å². The van der Waals surface area contributed by atoms with E-state index in [9.17, 15) is 28.8 Å². The SMILES string of the molecule is CCCCCOC(=O)COC(=O)C(C)c1ccc2cc(OC(=O)COC(=O)CC(=O)OCC(=O)Oc3ccccc3)ccc2c1. The van der Waals surface area contributed by atoms with Crippen molar-refractivity contribution in [1.29, 1.82) is 0 Å². The molecule has 0 N–H and O–H groups in total. The monoisotopic (exact) mass is 622 g/mol. The number of hydrogen-bond donors (Lipinski definition) is 0. The van der Waals surface area contributed by atoms with E-state index in [4.69, 9.17) is 28.4 Å². The molecule has 12 heteroatoms. The standard InChI is InChI=1S/C33H34O12/c1-3-4-8-15-40-30(36)19-43-33(39)22(2)23-11-12-25-17-27(14-13-24(25)16-23)45-32(38)21-42-29(35)18-28(34)41-20-31(37)44-26-9-6-5-7-10-26/h5-7,9-14,16-17,22H,3-4,8,15,18-21H2,1-2H3. The fourth-order valence-corrected chi connectivity index (χ4v) is 3.86. The molecule has 1 unspecified atom stereocenters. The molecule has 0 spiro atoms. The van der Waals surface area contributed by atoms with Crippen molar-refractivity contribution in [3.05, 3.63) is 72.3 Å². The summed E-state index contributed by atoms with van der Waals surface area (Å²) in [5.74, 6) is -5.16. The number of ether oxygens (including phenoxy) is 6. The van der Waals surface area contributed by atoms with Gasteiger partial charge in [-0.25, -0.2) is 14.4 Å². The Kier molecular flexibility index (Phi) is 13.5. The van der Waals surface area contributed by atoms with Gasteiger partial charge in [-0.05, 0) is 53.9 Å². The van der Waals surface area contributed by atoms with E-state index >= 15 is 0 Å². The molecule has 45 heavy (non-hydrogen) atoms. The molecule has 3 rings (SSSR count). The third-order valence-corrected chi connectivity index (χ3v) is 6.23. The van der Waals surface area contributed by atoms with Crippen molar-refractivity contribution in [1.82, 2.24) is 0 Å². The summed E-state index contributed by atoms with van der Waals surface area (Å²) in [4.78, 5) is 71.8. The zero-order chi connectivity index (χ0) is 32.6. The number of benzene rings is 3. The average Bonchev–Trinajstić information content (AvgIpc) is 3.03. The molecule has 0 saturated heterocycles. The van der Waals surface area contributed by atoms with Crippen molar-refractivity contribution in [2.75, 3.05) is 26.4 Å². The van der Waals surface area contributed by atoms with E-state index in [0.717, 1.165) is 24.6 Å². The maximum absolute atomic E-state index is 12.5. The fraction of sp³-hybridized carbons (Fsp3) is 0.333. The highest BCUT2D eigenvalue weighted by Crippen LogP contribution is 2.26. The van der Waals surface area contributed by atoms with Crippen LogP contribution >= 0.6 is 0 Å². The molecule has 3 aromatic rings. The van der Waals surface area contributed by atoms with Crippen molar-refractivity contribution < 1.29 is 57.2 Å². The second kappa shape index (κ2) is 17.8. The predicted octanol–water partition coefficient (Wildman–Crippen LogP) is 4.21. The summed E-state index contributed by atoms with van der Waals surface area (Å²) in [6, 6.07) is 18.2. The highest BCUT2D eigenvalue weighted by molar-refractivity contribution is 5.93. The first-order valence-corrected chi connectivity index (χ1v) is 14.3. The molecule has 0 fully saturated rings. The van der Waals surface area contributed by atoms with Crippen LogP contribution in [0.5, 0.6) is 11.5 Å². The van der Waals surface area contributed by atoms with Gasteiger partial charge in [-0.2, -0.15) is 0 Å². The van der Waals surface area contributed by atoms with Gasteiger partial charge in [-0.1, -0.05) is 62.2 Å². The van der Waals surface area contributed by atoms with Crippen LogP contribution in [0.4, 0.5) is 0 Å². The molecule has 0 aliphatic heterocycles. The molecule has 0 radical (unpaired) electrons. The lowest BCUT2D eigenvalue weighted by atomic mass is 9.98. The number of para-hydroxylation sites is 1. The largest absolute Gasteiger partial charge is 0.463 e. The first kappa shape index (κ1) is 34.2. The maximum atomic E-state index is 12.5. The van der Waals surface area contributed by atoms with Crippen LogP contribution in [0.3, 0.4) is 0 Å². The normalized spacial score (nSPS) is 11.2. The molecule has 0 saturated carbocycles. The zero-order valence-corrected chi connectivity index (χ0v) is 25.0. The highest BCUT2D eigenvalue weighted by Gasteiger charge is 2.20. The van der Waals surface area contributed by atoms with E-state index < -0.39 is 68.0 Å². The van der Waals surface area contributed by atoms with Gasteiger partial charge in [0.15, 0.2) is 19.8 Å². The Balaban J connectivity index is 1.40. The van der Waals surface area contributed by atoms with Crippen LogP contribution in [0.25, 0.3) is 10.8 Å². The zero-order valence-electron chi connectivity index (χ0n) is 25.0. The number of rotatable bonds is 16. The van der Waals surface area contributed by atoms with Crippen molar-refractivity contribution >= 4 is 46.6 Å². The van der Waals surface area contributed by atoms with Gasteiger partial charge in [0.05, 0.1) is 12.5 Å². The number of fused-ring (bicyclic) bond motifs is 1. The lowest BCUT2D eigenvalue weighted by Gasteiger charge is -2.13. The summed E-state index contributed by atoms with van der Waals surface area (Å²) in [6.07, 6.45) is 1.89. The van der Waals surface area contributed by atoms with Gasteiger partial charge >= 0.3 is 35.8 Å². The van der Waals surface area contributed by atoms with E-state index in [2.05, 4.69) is 0 Å². The van der Waals surface area contributed by atoms with Crippen LogP contribution in [0.2, 0.25) is 0 Å². The molecule has 0 amide bonds. The molecular formula is C33H34O12. The third kappa shape index (κ3) is 12.1. The molecule has 3 aromatic carbocycles. The van der Waals surface area contributed by atoms with E-state index in [1.807, 2.05) is 6.92 Å². The maximum Gasteiger partial charge on any atom is 0.349 e. The topological polar surface area (TPSA) is 158 Å². The van der Waals surface area contributed by atoms with Gasteiger partial charge in [-0.15, -0.1) is 0 Å². The number of unbranched alkanes of at least 4 members (excludes halogenated alkanes) is 2. The van der Waals surface area contributed by atoms with Crippen LogP contribution < -0.4 is 9.47 Å². The van der Waals surface area contributed by atoms with Crippen LogP contribution in [-0.4, -0.2) is 62.2 Å². The second-order valence-electron chi connectivity index (χ2n) is 9.78. The van der Waals surface area contributed by atoms with Gasteiger partial charge in [0.25, 0.3) is 0 Å². The summed E-state index contributed by atoms with van der Waals surface area (Å²) in [7, 11) is 0. The molecular weight excluding hydrogens is 588 g/mol. The van der Waals surface area contributed by atoms with Gasteiger partial charge in [0, 0.05) is 0 Å². The molecule has 0 bridgehead atoms. The third-order valence-electron chi connectivity index (χ3n) is 6.23. The van der Waals surface area contributed by atoms with Gasteiger partial charge in [0.1, 0.15) is 17.9 Å². The van der Waals surface area contributed by atoms with Gasteiger partial charge in [0.2, 0.25) is 0 Å². The summed E-state index contributed by atoms with van der Waals surface area (Å²) in [5, 5.41) is 1.45. The number of esters is 6. The van der Waals surface area contributed by atoms with E-state index in [1.54, 1.807) is 67.6 Å². The van der Waals surface area contributed by atoms with Crippen molar-refractivity contribution in [3.8, 4) is 11.5 Å². The molecule has 0 aliphatic rings. The molecule has 238 valence electrons. The smallest absolute Gasteiger partial charge is 0.349 e. The first-order valence-electron chi connectivity index (χ1n) is 14.3. The molecule has 12 nitrogen and oxygen atoms in total. The Morgan fingerprint density at radius 2 is 1.20 bits per heavy atom. The van der Waals surface area contributed by atoms with Crippen LogP contribution in [-0.2, 0) is 47.7 Å². The second-order valence-corrected chi connectivity index (χ2v) is 9.78.